The molecule has 2 amide bonds. The lowest BCUT2D eigenvalue weighted by atomic mass is 10.1. The maximum absolute atomic E-state index is 12.4. The molecule has 0 fully saturated rings. The molecule has 2 aromatic carbocycles. The Morgan fingerprint density at radius 2 is 1.77 bits per heavy atom. The summed E-state index contributed by atoms with van der Waals surface area (Å²) in [5, 5.41) is 15.1. The van der Waals surface area contributed by atoms with E-state index in [1.54, 1.807) is 29.8 Å². The maximum atomic E-state index is 12.4. The first-order valence-electron chi connectivity index (χ1n) is 9.67. The van der Waals surface area contributed by atoms with Gasteiger partial charge in [-0.05, 0) is 50.1 Å². The quantitative estimate of drug-likeness (QED) is 0.516. The number of nitrogens with one attached hydrogen (secondary N) is 2. The Bertz CT molecular complexity index is 1130. The van der Waals surface area contributed by atoms with E-state index in [1.807, 2.05) is 39.0 Å². The third kappa shape index (κ3) is 5.86. The minimum Gasteiger partial charge on any atom is -0.325 e. The molecule has 3 rings (SSSR count). The molecule has 0 saturated heterocycles. The number of rotatable bonds is 7. The first kappa shape index (κ1) is 22.8. The van der Waals surface area contributed by atoms with Gasteiger partial charge >= 0.3 is 0 Å². The van der Waals surface area contributed by atoms with Gasteiger partial charge in [-0.1, -0.05) is 47.1 Å². The van der Waals surface area contributed by atoms with Crippen molar-refractivity contribution in [3.8, 4) is 0 Å². The van der Waals surface area contributed by atoms with E-state index in [0.29, 0.717) is 21.7 Å². The molecular formula is C22H24ClN5O2S. The number of carbonyl (C=O) groups is 2. The molecule has 0 unspecified atom stereocenters. The summed E-state index contributed by atoms with van der Waals surface area (Å²) in [4.78, 5) is 24.7. The number of aromatic nitrogens is 3. The van der Waals surface area contributed by atoms with Gasteiger partial charge in [0.1, 0.15) is 5.82 Å². The molecule has 7 nitrogen and oxygen atoms in total. The summed E-state index contributed by atoms with van der Waals surface area (Å²) >= 11 is 7.34. The highest BCUT2D eigenvalue weighted by molar-refractivity contribution is 7.99. The zero-order valence-corrected chi connectivity index (χ0v) is 19.4. The second-order valence-electron chi connectivity index (χ2n) is 7.25. The predicted molar refractivity (Wildman–Crippen MR) is 125 cm³/mol. The topological polar surface area (TPSA) is 88.9 Å². The maximum Gasteiger partial charge on any atom is 0.234 e. The van der Waals surface area contributed by atoms with Crippen LogP contribution in [-0.2, 0) is 23.1 Å². The van der Waals surface area contributed by atoms with Crippen LogP contribution in [0.2, 0.25) is 5.02 Å². The lowest BCUT2D eigenvalue weighted by Crippen LogP contribution is -2.18. The molecule has 162 valence electrons. The standard InChI is InChI=1S/C22H24ClN5O2S/c1-13-8-9-17(14(2)10-13)24-20(29)11-19-26-27-22(28(19)4)31-12-21(30)25-18-7-5-6-16(23)15(18)3/h5-10H,11-12H2,1-4H3,(H,24,29)(H,25,30). The Labute approximate surface area is 190 Å². The molecule has 0 aliphatic carbocycles. The summed E-state index contributed by atoms with van der Waals surface area (Å²) < 4.78 is 1.73. The van der Waals surface area contributed by atoms with Crippen LogP contribution in [0.5, 0.6) is 0 Å². The van der Waals surface area contributed by atoms with Crippen molar-refractivity contribution in [2.45, 2.75) is 32.3 Å². The zero-order valence-electron chi connectivity index (χ0n) is 17.8. The van der Waals surface area contributed by atoms with Gasteiger partial charge in [0, 0.05) is 23.4 Å². The monoisotopic (exact) mass is 457 g/mol. The van der Waals surface area contributed by atoms with E-state index >= 15 is 0 Å². The Kier molecular flexibility index (Phi) is 7.35. The van der Waals surface area contributed by atoms with Gasteiger partial charge in [-0.15, -0.1) is 10.2 Å². The number of thioether (sulfide) groups is 1. The average molecular weight is 458 g/mol. The molecule has 2 N–H and O–H groups in total. The zero-order chi connectivity index (χ0) is 22.5. The number of anilines is 2. The molecule has 0 spiro atoms. The fraction of sp³-hybridized carbons (Fsp3) is 0.273. The minimum atomic E-state index is -0.174. The van der Waals surface area contributed by atoms with Gasteiger partial charge < -0.3 is 15.2 Å². The Hall–Kier alpha value is -2.84. The molecular weight excluding hydrogens is 434 g/mol. The van der Waals surface area contributed by atoms with Gasteiger partial charge in [0.15, 0.2) is 5.16 Å². The first-order chi connectivity index (χ1) is 14.7. The smallest absolute Gasteiger partial charge is 0.234 e. The fourth-order valence-corrected chi connectivity index (χ4v) is 3.88. The van der Waals surface area contributed by atoms with Crippen LogP contribution in [0, 0.1) is 20.8 Å². The predicted octanol–water partition coefficient (Wildman–Crippen LogP) is 4.31. The number of benzene rings is 2. The van der Waals surface area contributed by atoms with Crippen molar-refractivity contribution < 1.29 is 9.59 Å². The normalized spacial score (nSPS) is 10.7. The third-order valence-corrected chi connectivity index (χ3v) is 6.20. The number of halogens is 1. The van der Waals surface area contributed by atoms with E-state index in [9.17, 15) is 9.59 Å². The molecule has 9 heteroatoms. The summed E-state index contributed by atoms with van der Waals surface area (Å²) in [6, 6.07) is 11.2. The second kappa shape index (κ2) is 9.98. The Morgan fingerprint density at radius 3 is 2.52 bits per heavy atom. The highest BCUT2D eigenvalue weighted by Crippen LogP contribution is 2.24. The molecule has 3 aromatic rings. The number of hydrogen-bond donors (Lipinski definition) is 2. The number of amides is 2. The van der Waals surface area contributed by atoms with Crippen molar-refractivity contribution in [2.24, 2.45) is 7.05 Å². The number of hydrogen-bond acceptors (Lipinski definition) is 5. The summed E-state index contributed by atoms with van der Waals surface area (Å²) in [7, 11) is 1.78. The lowest BCUT2D eigenvalue weighted by molar-refractivity contribution is -0.116. The summed E-state index contributed by atoms with van der Waals surface area (Å²) in [6.45, 7) is 5.81. The Balaban J connectivity index is 1.56. The highest BCUT2D eigenvalue weighted by atomic mass is 35.5. The molecule has 0 bridgehead atoms. The van der Waals surface area contributed by atoms with Crippen LogP contribution in [0.15, 0.2) is 41.6 Å². The lowest BCUT2D eigenvalue weighted by Gasteiger charge is -2.10. The molecule has 31 heavy (non-hydrogen) atoms. The van der Waals surface area contributed by atoms with Gasteiger partial charge in [0.2, 0.25) is 11.8 Å². The van der Waals surface area contributed by atoms with Crippen LogP contribution < -0.4 is 10.6 Å². The highest BCUT2D eigenvalue weighted by Gasteiger charge is 2.15. The van der Waals surface area contributed by atoms with Crippen LogP contribution in [0.25, 0.3) is 0 Å². The van der Waals surface area contributed by atoms with Crippen LogP contribution in [0.3, 0.4) is 0 Å². The third-order valence-electron chi connectivity index (χ3n) is 4.77. The van der Waals surface area contributed by atoms with Crippen molar-refractivity contribution in [1.82, 2.24) is 14.8 Å². The molecule has 0 aliphatic rings. The molecule has 0 radical (unpaired) electrons. The first-order valence-corrected chi connectivity index (χ1v) is 11.0. The molecule has 1 aromatic heterocycles. The second-order valence-corrected chi connectivity index (χ2v) is 8.60. The molecule has 1 heterocycles. The molecule has 0 atom stereocenters. The van der Waals surface area contributed by atoms with E-state index in [2.05, 4.69) is 20.8 Å². The van der Waals surface area contributed by atoms with Crippen LogP contribution in [0.1, 0.15) is 22.5 Å². The Morgan fingerprint density at radius 1 is 1.03 bits per heavy atom. The van der Waals surface area contributed by atoms with Gasteiger partial charge in [-0.3, -0.25) is 9.59 Å². The van der Waals surface area contributed by atoms with Gasteiger partial charge in [0.05, 0.1) is 12.2 Å². The van der Waals surface area contributed by atoms with E-state index in [0.717, 1.165) is 22.4 Å². The van der Waals surface area contributed by atoms with E-state index in [-0.39, 0.29) is 24.0 Å². The average Bonchev–Trinajstić information content (AvgIpc) is 3.05. The van der Waals surface area contributed by atoms with Crippen LogP contribution >= 0.6 is 23.4 Å². The van der Waals surface area contributed by atoms with Crippen LogP contribution in [-0.4, -0.2) is 32.3 Å². The van der Waals surface area contributed by atoms with Gasteiger partial charge in [0.25, 0.3) is 0 Å². The SMILES string of the molecule is Cc1ccc(NC(=O)Cc2nnc(SCC(=O)Nc3cccc(Cl)c3C)n2C)c(C)c1. The van der Waals surface area contributed by atoms with Crippen molar-refractivity contribution in [2.75, 3.05) is 16.4 Å². The van der Waals surface area contributed by atoms with Crippen molar-refractivity contribution in [3.05, 3.63) is 63.9 Å². The minimum absolute atomic E-state index is 0.0886. The largest absolute Gasteiger partial charge is 0.325 e. The van der Waals surface area contributed by atoms with Gasteiger partial charge in [-0.2, -0.15) is 0 Å². The van der Waals surface area contributed by atoms with Crippen molar-refractivity contribution in [1.29, 1.82) is 0 Å². The molecule has 0 aliphatic heterocycles. The van der Waals surface area contributed by atoms with E-state index in [1.165, 1.54) is 11.8 Å². The van der Waals surface area contributed by atoms with E-state index in [4.69, 9.17) is 11.6 Å². The van der Waals surface area contributed by atoms with Crippen molar-refractivity contribution in [3.63, 3.8) is 0 Å². The summed E-state index contributed by atoms with van der Waals surface area (Å²) in [5.41, 5.74) is 4.42. The van der Waals surface area contributed by atoms with E-state index < -0.39 is 0 Å². The summed E-state index contributed by atoms with van der Waals surface area (Å²) in [5.74, 6) is 0.337. The van der Waals surface area contributed by atoms with Crippen molar-refractivity contribution >= 4 is 46.6 Å². The summed E-state index contributed by atoms with van der Waals surface area (Å²) in [6.07, 6.45) is 0.0886. The fourth-order valence-electron chi connectivity index (χ4n) is 2.98. The number of aryl methyl sites for hydroxylation is 2. The number of carbonyl (C=O) groups excluding carboxylic acids is 2. The van der Waals surface area contributed by atoms with Gasteiger partial charge in [-0.25, -0.2) is 0 Å². The van der Waals surface area contributed by atoms with Crippen LogP contribution in [0.4, 0.5) is 11.4 Å². The number of nitrogens with zero attached hydrogens (tertiary/aromatic N) is 3. The molecule has 0 saturated carbocycles.